The molecule has 1 aromatic carbocycles. The number of benzene rings is 1. The Labute approximate surface area is 157 Å². The quantitative estimate of drug-likeness (QED) is 0.877. The Morgan fingerprint density at radius 1 is 1.33 bits per heavy atom. The minimum atomic E-state index is -0.671. The number of carbonyl (C=O) groups excluding carboxylic acids is 2. The van der Waals surface area contributed by atoms with E-state index in [1.165, 1.54) is 0 Å². The first-order chi connectivity index (χ1) is 13.1. The number of hydrogen-bond donors (Lipinski definition) is 1. The molecule has 0 saturated carbocycles. The van der Waals surface area contributed by atoms with E-state index in [0.717, 1.165) is 12.8 Å². The van der Waals surface area contributed by atoms with Crippen LogP contribution in [0, 0.1) is 0 Å². The van der Waals surface area contributed by atoms with Crippen LogP contribution in [0.3, 0.4) is 0 Å². The maximum atomic E-state index is 12.8. The first-order valence-electron chi connectivity index (χ1n) is 8.96. The predicted molar refractivity (Wildman–Crippen MR) is 98.1 cm³/mol. The number of carbonyl (C=O) groups is 2. The molecule has 3 heterocycles. The minimum absolute atomic E-state index is 0.125. The lowest BCUT2D eigenvalue weighted by Crippen LogP contribution is -2.58. The molecule has 2 amide bonds. The zero-order valence-corrected chi connectivity index (χ0v) is 15.1. The van der Waals surface area contributed by atoms with Crippen LogP contribution in [0.5, 0.6) is 11.5 Å². The highest BCUT2D eigenvalue weighted by Gasteiger charge is 2.42. The summed E-state index contributed by atoms with van der Waals surface area (Å²) in [5, 5.41) is 2.94. The van der Waals surface area contributed by atoms with Crippen molar-refractivity contribution in [1.82, 2.24) is 15.2 Å². The predicted octanol–water partition coefficient (Wildman–Crippen LogP) is 1.89. The Bertz CT molecular complexity index is 871. The van der Waals surface area contributed by atoms with Crippen molar-refractivity contribution in [2.45, 2.75) is 18.4 Å². The van der Waals surface area contributed by atoms with E-state index in [4.69, 9.17) is 9.47 Å². The number of amides is 2. The van der Waals surface area contributed by atoms with Crippen molar-refractivity contribution in [3.8, 4) is 11.5 Å². The van der Waals surface area contributed by atoms with Crippen LogP contribution in [-0.2, 0) is 0 Å². The van der Waals surface area contributed by atoms with Gasteiger partial charge >= 0.3 is 0 Å². The molecule has 2 aromatic rings. The molecular weight excluding hydrogens is 346 g/mol. The Morgan fingerprint density at radius 2 is 2.22 bits per heavy atom. The monoisotopic (exact) mass is 367 g/mol. The fourth-order valence-corrected chi connectivity index (χ4v) is 3.66. The third-order valence-electron chi connectivity index (χ3n) is 5.04. The molecule has 7 nitrogen and oxygen atoms in total. The standard InChI is InChI=1S/C20H21N3O4/c1-26-14-6-7-15-17(11-14)27-20(12-22-18(15)24)8-4-10-23(13-20)19(25)16-5-2-3-9-21-16/h2-3,5-7,9,11H,4,8,10,12-13H2,1H3,(H,22,24)/t20-/m1/s1. The van der Waals surface area contributed by atoms with E-state index < -0.39 is 5.60 Å². The molecule has 1 spiro atoms. The zero-order chi connectivity index (χ0) is 18.9. The van der Waals surface area contributed by atoms with Gasteiger partial charge in [-0.3, -0.25) is 14.6 Å². The van der Waals surface area contributed by atoms with Crippen molar-refractivity contribution in [2.24, 2.45) is 0 Å². The smallest absolute Gasteiger partial charge is 0.272 e. The summed E-state index contributed by atoms with van der Waals surface area (Å²) in [5.74, 6) is 0.796. The molecule has 0 unspecified atom stereocenters. The number of nitrogens with zero attached hydrogens (tertiary/aromatic N) is 2. The Morgan fingerprint density at radius 3 is 3.00 bits per heavy atom. The van der Waals surface area contributed by atoms with Crippen molar-refractivity contribution >= 4 is 11.8 Å². The van der Waals surface area contributed by atoms with Gasteiger partial charge in [0.2, 0.25) is 0 Å². The number of methoxy groups -OCH3 is 1. The van der Waals surface area contributed by atoms with E-state index in [1.807, 2.05) is 0 Å². The number of ether oxygens (including phenoxy) is 2. The molecule has 4 rings (SSSR count). The Hall–Kier alpha value is -3.09. The second-order valence-electron chi connectivity index (χ2n) is 6.88. The maximum Gasteiger partial charge on any atom is 0.272 e. The lowest BCUT2D eigenvalue weighted by atomic mass is 9.92. The van der Waals surface area contributed by atoms with Crippen LogP contribution in [0.25, 0.3) is 0 Å². The maximum absolute atomic E-state index is 12.8. The van der Waals surface area contributed by atoms with E-state index in [-0.39, 0.29) is 11.8 Å². The third kappa shape index (κ3) is 3.32. The first kappa shape index (κ1) is 17.3. The number of likely N-dealkylation sites (tertiary alicyclic amines) is 1. The molecule has 2 aliphatic heterocycles. The van der Waals surface area contributed by atoms with Gasteiger partial charge in [-0.1, -0.05) is 6.07 Å². The van der Waals surface area contributed by atoms with Crippen LogP contribution >= 0.6 is 0 Å². The van der Waals surface area contributed by atoms with Crippen molar-refractivity contribution in [1.29, 1.82) is 0 Å². The Kier molecular flexibility index (Phi) is 4.43. The van der Waals surface area contributed by atoms with Gasteiger partial charge in [0.15, 0.2) is 0 Å². The van der Waals surface area contributed by atoms with Gasteiger partial charge in [-0.25, -0.2) is 0 Å². The van der Waals surface area contributed by atoms with Gasteiger partial charge in [0.1, 0.15) is 22.8 Å². The van der Waals surface area contributed by atoms with E-state index in [9.17, 15) is 9.59 Å². The summed E-state index contributed by atoms with van der Waals surface area (Å²) in [4.78, 5) is 31.2. The van der Waals surface area contributed by atoms with Crippen LogP contribution in [0.15, 0.2) is 42.6 Å². The Balaban J connectivity index is 1.62. The van der Waals surface area contributed by atoms with E-state index in [0.29, 0.717) is 42.4 Å². The minimum Gasteiger partial charge on any atom is -0.497 e. The van der Waals surface area contributed by atoms with Gasteiger partial charge in [0, 0.05) is 18.8 Å². The summed E-state index contributed by atoms with van der Waals surface area (Å²) in [5.41, 5.74) is 0.214. The first-order valence-corrected chi connectivity index (χ1v) is 8.96. The van der Waals surface area contributed by atoms with Crippen LogP contribution in [-0.4, -0.2) is 54.0 Å². The van der Waals surface area contributed by atoms with Gasteiger partial charge in [0.25, 0.3) is 11.8 Å². The highest BCUT2D eigenvalue weighted by Crippen LogP contribution is 2.34. The summed E-state index contributed by atoms with van der Waals surface area (Å²) in [6.07, 6.45) is 3.14. The van der Waals surface area contributed by atoms with Crippen molar-refractivity contribution in [3.63, 3.8) is 0 Å². The molecule has 1 N–H and O–H groups in total. The summed E-state index contributed by atoms with van der Waals surface area (Å²) < 4.78 is 11.6. The van der Waals surface area contributed by atoms with Crippen molar-refractivity contribution in [3.05, 3.63) is 53.9 Å². The fourth-order valence-electron chi connectivity index (χ4n) is 3.66. The van der Waals surface area contributed by atoms with Crippen LogP contribution in [0.2, 0.25) is 0 Å². The second kappa shape index (κ2) is 6.90. The third-order valence-corrected chi connectivity index (χ3v) is 5.04. The van der Waals surface area contributed by atoms with E-state index in [1.54, 1.807) is 54.6 Å². The van der Waals surface area contributed by atoms with Gasteiger partial charge in [-0.05, 0) is 37.1 Å². The number of aromatic nitrogens is 1. The molecular formula is C20H21N3O4. The number of pyridine rings is 1. The molecule has 2 aliphatic rings. The summed E-state index contributed by atoms with van der Waals surface area (Å²) in [6, 6.07) is 10.4. The van der Waals surface area contributed by atoms with Crippen LogP contribution in [0.4, 0.5) is 0 Å². The van der Waals surface area contributed by atoms with E-state index >= 15 is 0 Å². The molecule has 1 saturated heterocycles. The van der Waals surface area contributed by atoms with Crippen molar-refractivity contribution in [2.75, 3.05) is 26.7 Å². The molecule has 0 radical (unpaired) electrons. The molecule has 1 atom stereocenters. The number of nitrogens with one attached hydrogen (secondary N) is 1. The number of rotatable bonds is 2. The molecule has 0 aliphatic carbocycles. The number of fused-ring (bicyclic) bond motifs is 1. The average molecular weight is 367 g/mol. The number of piperidine rings is 1. The highest BCUT2D eigenvalue weighted by molar-refractivity contribution is 5.97. The lowest BCUT2D eigenvalue weighted by Gasteiger charge is -2.42. The van der Waals surface area contributed by atoms with Gasteiger partial charge in [-0.2, -0.15) is 0 Å². The van der Waals surface area contributed by atoms with Crippen LogP contribution in [0.1, 0.15) is 33.7 Å². The molecule has 1 fully saturated rings. The highest BCUT2D eigenvalue weighted by atomic mass is 16.5. The SMILES string of the molecule is COc1ccc2c(c1)O[C@]1(CCCN(C(=O)c3ccccn3)C1)CNC2=O. The molecule has 7 heteroatoms. The molecule has 27 heavy (non-hydrogen) atoms. The zero-order valence-electron chi connectivity index (χ0n) is 15.1. The lowest BCUT2D eigenvalue weighted by molar-refractivity contribution is -0.00118. The molecule has 1 aromatic heterocycles. The fraction of sp³-hybridized carbons (Fsp3) is 0.350. The average Bonchev–Trinajstić information content (AvgIpc) is 2.84. The summed E-state index contributed by atoms with van der Waals surface area (Å²) in [6.45, 7) is 1.37. The summed E-state index contributed by atoms with van der Waals surface area (Å²) in [7, 11) is 1.57. The largest absolute Gasteiger partial charge is 0.497 e. The normalized spacial score (nSPS) is 21.7. The second-order valence-corrected chi connectivity index (χ2v) is 6.88. The van der Waals surface area contributed by atoms with Gasteiger partial charge < -0.3 is 19.7 Å². The number of hydrogen-bond acceptors (Lipinski definition) is 5. The topological polar surface area (TPSA) is 80.8 Å². The van der Waals surface area contributed by atoms with E-state index in [2.05, 4.69) is 10.3 Å². The van der Waals surface area contributed by atoms with Crippen LogP contribution < -0.4 is 14.8 Å². The molecule has 140 valence electrons. The van der Waals surface area contributed by atoms with Gasteiger partial charge in [-0.15, -0.1) is 0 Å². The summed E-state index contributed by atoms with van der Waals surface area (Å²) >= 11 is 0. The molecule has 0 bridgehead atoms. The van der Waals surface area contributed by atoms with Crippen molar-refractivity contribution < 1.29 is 19.1 Å². The van der Waals surface area contributed by atoms with Gasteiger partial charge in [0.05, 0.1) is 25.8 Å².